The van der Waals surface area contributed by atoms with E-state index in [4.69, 9.17) is 9.47 Å². The number of carbonyl (C=O) groups excluding carboxylic acids is 1. The fraction of sp³-hybridized carbons (Fsp3) is 0.500. The van der Waals surface area contributed by atoms with Gasteiger partial charge in [0.2, 0.25) is 0 Å². The van der Waals surface area contributed by atoms with Gasteiger partial charge in [0.25, 0.3) is 0 Å². The molecule has 0 N–H and O–H groups in total. The quantitative estimate of drug-likeness (QED) is 0.764. The minimum Gasteiger partial charge on any atom is -0.497 e. The molecule has 0 saturated carbocycles. The van der Waals surface area contributed by atoms with E-state index in [-0.39, 0.29) is 17.9 Å². The number of hydrogen-bond donors (Lipinski definition) is 0. The molecule has 1 heterocycles. The van der Waals surface area contributed by atoms with Crippen molar-refractivity contribution < 1.29 is 14.3 Å². The van der Waals surface area contributed by atoms with Crippen LogP contribution in [-0.2, 0) is 9.53 Å². The maximum Gasteiger partial charge on any atom is 0.323 e. The van der Waals surface area contributed by atoms with Crippen molar-refractivity contribution in [3.63, 3.8) is 0 Å². The lowest BCUT2D eigenvalue weighted by molar-refractivity contribution is -0.145. The summed E-state index contributed by atoms with van der Waals surface area (Å²) in [5.41, 5.74) is 1.16. The molecule has 4 nitrogen and oxygen atoms in total. The molecule has 2 atom stereocenters. The second-order valence-electron chi connectivity index (χ2n) is 4.62. The fourth-order valence-electron chi connectivity index (χ4n) is 2.61. The molecule has 0 aliphatic carbocycles. The topological polar surface area (TPSA) is 38.8 Å². The standard InChI is InChI=1S/C14H19NO3/c1-15-9-8-12(13(15)14(16)18-3)10-4-6-11(17-2)7-5-10/h4-7,12-13H,8-9H2,1-3H3. The second kappa shape index (κ2) is 5.40. The Morgan fingerprint density at radius 2 is 1.94 bits per heavy atom. The summed E-state index contributed by atoms with van der Waals surface area (Å²) < 4.78 is 10.0. The number of benzene rings is 1. The van der Waals surface area contributed by atoms with Crippen LogP contribution in [0.25, 0.3) is 0 Å². The largest absolute Gasteiger partial charge is 0.497 e. The maximum absolute atomic E-state index is 11.8. The summed E-state index contributed by atoms with van der Waals surface area (Å²) in [4.78, 5) is 13.9. The molecule has 2 rings (SSSR count). The SMILES string of the molecule is COC(=O)C1C(c2ccc(OC)cc2)CCN1C. The van der Waals surface area contributed by atoms with Crippen LogP contribution < -0.4 is 4.74 Å². The summed E-state index contributed by atoms with van der Waals surface area (Å²) in [6.07, 6.45) is 0.975. The summed E-state index contributed by atoms with van der Waals surface area (Å²) in [6, 6.07) is 7.74. The van der Waals surface area contributed by atoms with Crippen molar-refractivity contribution in [2.75, 3.05) is 27.8 Å². The Morgan fingerprint density at radius 3 is 2.50 bits per heavy atom. The fourth-order valence-corrected chi connectivity index (χ4v) is 2.61. The highest BCUT2D eigenvalue weighted by Gasteiger charge is 2.38. The maximum atomic E-state index is 11.8. The molecule has 1 aliphatic heterocycles. The van der Waals surface area contributed by atoms with Gasteiger partial charge < -0.3 is 9.47 Å². The van der Waals surface area contributed by atoms with Gasteiger partial charge in [-0.2, -0.15) is 0 Å². The van der Waals surface area contributed by atoms with Crippen LogP contribution >= 0.6 is 0 Å². The van der Waals surface area contributed by atoms with Gasteiger partial charge in [-0.1, -0.05) is 12.1 Å². The molecule has 1 aliphatic rings. The van der Waals surface area contributed by atoms with Crippen LogP contribution in [0.2, 0.25) is 0 Å². The lowest BCUT2D eigenvalue weighted by atomic mass is 9.91. The third-order valence-corrected chi connectivity index (χ3v) is 3.64. The van der Waals surface area contributed by atoms with Crippen molar-refractivity contribution in [3.8, 4) is 5.75 Å². The van der Waals surface area contributed by atoms with Gasteiger partial charge in [0.05, 0.1) is 14.2 Å². The van der Waals surface area contributed by atoms with Gasteiger partial charge in [0.1, 0.15) is 11.8 Å². The van der Waals surface area contributed by atoms with Crippen LogP contribution in [-0.4, -0.2) is 44.7 Å². The smallest absolute Gasteiger partial charge is 0.323 e. The van der Waals surface area contributed by atoms with E-state index in [1.54, 1.807) is 7.11 Å². The first kappa shape index (κ1) is 12.9. The molecule has 1 saturated heterocycles. The molecule has 0 amide bonds. The van der Waals surface area contributed by atoms with E-state index in [0.29, 0.717) is 0 Å². The van der Waals surface area contributed by atoms with E-state index >= 15 is 0 Å². The summed E-state index contributed by atoms with van der Waals surface area (Å²) in [5.74, 6) is 0.879. The van der Waals surface area contributed by atoms with Crippen molar-refractivity contribution in [2.24, 2.45) is 0 Å². The zero-order chi connectivity index (χ0) is 13.1. The van der Waals surface area contributed by atoms with Gasteiger partial charge in [0, 0.05) is 5.92 Å². The number of likely N-dealkylation sites (N-methyl/N-ethyl adjacent to an activating group) is 1. The van der Waals surface area contributed by atoms with Crippen molar-refractivity contribution >= 4 is 5.97 Å². The zero-order valence-electron chi connectivity index (χ0n) is 11.1. The van der Waals surface area contributed by atoms with Crippen LogP contribution in [0.1, 0.15) is 17.9 Å². The molecule has 98 valence electrons. The lowest BCUT2D eigenvalue weighted by Crippen LogP contribution is -2.37. The number of carbonyl (C=O) groups is 1. The van der Waals surface area contributed by atoms with Crippen molar-refractivity contribution in [1.29, 1.82) is 0 Å². The van der Waals surface area contributed by atoms with E-state index < -0.39 is 0 Å². The van der Waals surface area contributed by atoms with E-state index in [1.165, 1.54) is 7.11 Å². The molecule has 2 unspecified atom stereocenters. The summed E-state index contributed by atoms with van der Waals surface area (Å²) >= 11 is 0. The monoisotopic (exact) mass is 249 g/mol. The first-order valence-electron chi connectivity index (χ1n) is 6.09. The highest BCUT2D eigenvalue weighted by atomic mass is 16.5. The third-order valence-electron chi connectivity index (χ3n) is 3.64. The molecule has 0 bridgehead atoms. The van der Waals surface area contributed by atoms with Crippen LogP contribution in [0.15, 0.2) is 24.3 Å². The Labute approximate surface area is 107 Å². The third kappa shape index (κ3) is 2.34. The number of likely N-dealkylation sites (tertiary alicyclic amines) is 1. The average molecular weight is 249 g/mol. The summed E-state index contributed by atoms with van der Waals surface area (Å²) in [6.45, 7) is 0.913. The van der Waals surface area contributed by atoms with E-state index in [9.17, 15) is 4.79 Å². The van der Waals surface area contributed by atoms with Crippen LogP contribution in [0.3, 0.4) is 0 Å². The normalized spacial score (nSPS) is 23.9. The van der Waals surface area contributed by atoms with Gasteiger partial charge in [0.15, 0.2) is 0 Å². The minimum atomic E-state index is -0.177. The molecule has 4 heteroatoms. The molecule has 1 aromatic rings. The van der Waals surface area contributed by atoms with E-state index in [2.05, 4.69) is 4.90 Å². The van der Waals surface area contributed by atoms with Crippen LogP contribution in [0.4, 0.5) is 0 Å². The molecule has 0 spiro atoms. The Hall–Kier alpha value is -1.55. The van der Waals surface area contributed by atoms with Crippen molar-refractivity contribution in [2.45, 2.75) is 18.4 Å². The molecule has 0 aromatic heterocycles. The summed E-state index contributed by atoms with van der Waals surface area (Å²) in [5, 5.41) is 0. The van der Waals surface area contributed by atoms with Crippen LogP contribution in [0.5, 0.6) is 5.75 Å². The van der Waals surface area contributed by atoms with Crippen LogP contribution in [0, 0.1) is 0 Å². The highest BCUT2D eigenvalue weighted by molar-refractivity contribution is 5.77. The Balaban J connectivity index is 2.22. The van der Waals surface area contributed by atoms with Gasteiger partial charge in [-0.15, -0.1) is 0 Å². The van der Waals surface area contributed by atoms with E-state index in [0.717, 1.165) is 24.3 Å². The Kier molecular flexibility index (Phi) is 3.87. The van der Waals surface area contributed by atoms with Gasteiger partial charge in [-0.3, -0.25) is 9.69 Å². The summed E-state index contributed by atoms with van der Waals surface area (Å²) in [7, 11) is 5.06. The molecule has 0 radical (unpaired) electrons. The number of esters is 1. The first-order valence-corrected chi connectivity index (χ1v) is 6.09. The first-order chi connectivity index (χ1) is 8.67. The molecular formula is C14H19NO3. The van der Waals surface area contributed by atoms with Gasteiger partial charge in [-0.05, 0) is 37.7 Å². The number of hydrogen-bond acceptors (Lipinski definition) is 4. The molecule has 18 heavy (non-hydrogen) atoms. The van der Waals surface area contributed by atoms with Crippen molar-refractivity contribution in [1.82, 2.24) is 4.90 Å². The average Bonchev–Trinajstić information content (AvgIpc) is 2.80. The number of methoxy groups -OCH3 is 2. The molecule has 1 aromatic carbocycles. The van der Waals surface area contributed by atoms with E-state index in [1.807, 2.05) is 31.3 Å². The minimum absolute atomic E-state index is 0.157. The molecule has 1 fully saturated rings. The van der Waals surface area contributed by atoms with Crippen molar-refractivity contribution in [3.05, 3.63) is 29.8 Å². The predicted molar refractivity (Wildman–Crippen MR) is 68.8 cm³/mol. The highest BCUT2D eigenvalue weighted by Crippen LogP contribution is 2.33. The number of ether oxygens (including phenoxy) is 2. The lowest BCUT2D eigenvalue weighted by Gasteiger charge is -2.22. The zero-order valence-corrected chi connectivity index (χ0v) is 11.1. The van der Waals surface area contributed by atoms with Gasteiger partial charge in [-0.25, -0.2) is 0 Å². The predicted octanol–water partition coefficient (Wildman–Crippen LogP) is 1.66. The Morgan fingerprint density at radius 1 is 1.28 bits per heavy atom. The number of rotatable bonds is 3. The number of nitrogens with zero attached hydrogens (tertiary/aromatic N) is 1. The second-order valence-corrected chi connectivity index (χ2v) is 4.62. The molecular weight excluding hydrogens is 230 g/mol. The van der Waals surface area contributed by atoms with Gasteiger partial charge >= 0.3 is 5.97 Å². The Bertz CT molecular complexity index is 416.